The van der Waals surface area contributed by atoms with E-state index >= 15 is 0 Å². The molecular formula is C4H12OSi. The van der Waals surface area contributed by atoms with Crippen molar-refractivity contribution >= 4 is 9.04 Å². The summed E-state index contributed by atoms with van der Waals surface area (Å²) in [6.45, 7) is 4.08. The molecule has 0 unspecified atom stereocenters. The van der Waals surface area contributed by atoms with Crippen molar-refractivity contribution in [2.45, 2.75) is 25.9 Å². The fourth-order valence-corrected chi connectivity index (χ4v) is 0.866. The first-order chi connectivity index (χ1) is 2.81. The molecule has 0 rings (SSSR count). The predicted octanol–water partition coefficient (Wildman–Crippen LogP) is 0.742. The monoisotopic (exact) mass is 104 g/mol. The molecule has 0 fully saturated rings. The summed E-state index contributed by atoms with van der Waals surface area (Å²) in [6.07, 6.45) is 0. The summed E-state index contributed by atoms with van der Waals surface area (Å²) in [5, 5.41) is 0. The van der Waals surface area contributed by atoms with Crippen LogP contribution >= 0.6 is 0 Å². The Morgan fingerprint density at radius 3 is 1.67 bits per heavy atom. The molecule has 2 heteroatoms. The van der Waals surface area contributed by atoms with E-state index in [-0.39, 0.29) is 0 Å². The van der Waals surface area contributed by atoms with E-state index in [1.807, 2.05) is 13.8 Å². The van der Waals surface area contributed by atoms with Gasteiger partial charge < -0.3 is 4.80 Å². The Hall–Kier alpha value is 0.177. The average Bonchev–Trinajstić information content (AvgIpc) is 1.65. The van der Waals surface area contributed by atoms with E-state index in [9.17, 15) is 0 Å². The lowest BCUT2D eigenvalue weighted by molar-refractivity contribution is 0.570. The summed E-state index contributed by atoms with van der Waals surface area (Å²) in [7, 11) is -1.16. The van der Waals surface area contributed by atoms with Gasteiger partial charge in [0, 0.05) is 0 Å². The summed E-state index contributed by atoms with van der Waals surface area (Å²) < 4.78 is 0. The van der Waals surface area contributed by atoms with Crippen LogP contribution in [0, 0.1) is 0 Å². The molecule has 0 aromatic rings. The van der Waals surface area contributed by atoms with E-state index in [4.69, 9.17) is 4.80 Å². The Morgan fingerprint density at radius 1 is 1.33 bits per heavy atom. The molecule has 0 amide bonds. The molecule has 38 valence electrons. The van der Waals surface area contributed by atoms with Gasteiger partial charge in [-0.3, -0.25) is 0 Å². The predicted molar refractivity (Wildman–Crippen MR) is 30.3 cm³/mol. The second-order valence-corrected chi connectivity index (χ2v) is 4.41. The molecule has 0 radical (unpaired) electrons. The van der Waals surface area contributed by atoms with Crippen LogP contribution in [0.5, 0.6) is 0 Å². The van der Waals surface area contributed by atoms with Gasteiger partial charge >= 0.3 is 0 Å². The molecule has 0 aromatic carbocycles. The Morgan fingerprint density at radius 2 is 1.67 bits per heavy atom. The minimum Gasteiger partial charge on any atom is -0.435 e. The fraction of sp³-hybridized carbons (Fsp3) is 1.00. The van der Waals surface area contributed by atoms with Gasteiger partial charge in [-0.25, -0.2) is 0 Å². The summed E-state index contributed by atoms with van der Waals surface area (Å²) in [4.78, 5) is 8.81. The topological polar surface area (TPSA) is 20.2 Å². The van der Waals surface area contributed by atoms with Gasteiger partial charge in [-0.05, 0) is 12.1 Å². The Balaban J connectivity index is 2.75. The minimum absolute atomic E-state index is 1.02. The third kappa shape index (κ3) is 2.42. The highest BCUT2D eigenvalue weighted by molar-refractivity contribution is 6.49. The lowest BCUT2D eigenvalue weighted by atomic mass is 11.0. The van der Waals surface area contributed by atoms with Crippen LogP contribution in [0.15, 0.2) is 0 Å². The van der Waals surface area contributed by atoms with Crippen LogP contribution in [0.25, 0.3) is 0 Å². The molecule has 0 aliphatic heterocycles. The third-order valence-electron chi connectivity index (χ3n) is 0.942. The molecule has 0 saturated heterocycles. The molecule has 1 nitrogen and oxygen atoms in total. The van der Waals surface area contributed by atoms with Crippen LogP contribution < -0.4 is 0 Å². The molecule has 0 spiro atoms. The Kier molecular flexibility index (Phi) is 3.47. The standard InChI is InChI=1S/C4H12OSi/c1-3-6(5)4-2/h5-6H,3-4H2,1-2H3. The first-order valence-corrected chi connectivity index (χ1v) is 4.64. The van der Waals surface area contributed by atoms with Crippen molar-refractivity contribution in [3.05, 3.63) is 0 Å². The molecule has 0 aliphatic carbocycles. The van der Waals surface area contributed by atoms with Crippen molar-refractivity contribution in [2.24, 2.45) is 0 Å². The van der Waals surface area contributed by atoms with E-state index < -0.39 is 9.04 Å². The largest absolute Gasteiger partial charge is 0.435 e. The highest BCUT2D eigenvalue weighted by atomic mass is 28.3. The van der Waals surface area contributed by atoms with E-state index in [0.717, 1.165) is 12.1 Å². The second kappa shape index (κ2) is 3.37. The third-order valence-corrected chi connectivity index (χ3v) is 2.83. The maximum atomic E-state index is 8.81. The van der Waals surface area contributed by atoms with Gasteiger partial charge in [0.1, 0.15) is 0 Å². The lowest BCUT2D eigenvalue weighted by Crippen LogP contribution is -2.05. The number of hydrogen-bond donors (Lipinski definition) is 1. The molecule has 0 saturated carbocycles. The molecule has 0 heterocycles. The van der Waals surface area contributed by atoms with Crippen molar-refractivity contribution in [3.63, 3.8) is 0 Å². The molecule has 0 aromatic heterocycles. The average molecular weight is 104 g/mol. The first-order valence-electron chi connectivity index (χ1n) is 2.49. The molecule has 0 bridgehead atoms. The number of rotatable bonds is 2. The SMILES string of the molecule is CC[SiH](O)CC. The van der Waals surface area contributed by atoms with Crippen LogP contribution in [0.3, 0.4) is 0 Å². The Bertz CT molecular complexity index is 26.7. The summed E-state index contributed by atoms with van der Waals surface area (Å²) in [5.74, 6) is 0. The second-order valence-electron chi connectivity index (χ2n) is 1.47. The van der Waals surface area contributed by atoms with Gasteiger partial charge in [-0.1, -0.05) is 13.8 Å². The van der Waals surface area contributed by atoms with E-state index in [2.05, 4.69) is 0 Å². The summed E-state index contributed by atoms with van der Waals surface area (Å²) >= 11 is 0. The van der Waals surface area contributed by atoms with Gasteiger partial charge in [0.05, 0.1) is 0 Å². The normalized spacial score (nSPS) is 10.0. The van der Waals surface area contributed by atoms with Crippen molar-refractivity contribution in [3.8, 4) is 0 Å². The van der Waals surface area contributed by atoms with E-state index in [0.29, 0.717) is 0 Å². The van der Waals surface area contributed by atoms with Crippen molar-refractivity contribution in [1.82, 2.24) is 0 Å². The zero-order valence-electron chi connectivity index (χ0n) is 4.44. The summed E-state index contributed by atoms with van der Waals surface area (Å²) in [6, 6.07) is 2.05. The highest BCUT2D eigenvalue weighted by Gasteiger charge is 1.94. The maximum Gasteiger partial charge on any atom is 0.172 e. The highest BCUT2D eigenvalue weighted by Crippen LogP contribution is 1.89. The van der Waals surface area contributed by atoms with Gasteiger partial charge in [-0.2, -0.15) is 0 Å². The fourth-order valence-electron chi connectivity index (χ4n) is 0.289. The van der Waals surface area contributed by atoms with Crippen LogP contribution in [-0.2, 0) is 0 Å². The zero-order chi connectivity index (χ0) is 4.99. The van der Waals surface area contributed by atoms with Gasteiger partial charge in [0.25, 0.3) is 0 Å². The molecule has 0 atom stereocenters. The van der Waals surface area contributed by atoms with Crippen LogP contribution in [0.4, 0.5) is 0 Å². The van der Waals surface area contributed by atoms with Gasteiger partial charge in [-0.15, -0.1) is 0 Å². The summed E-state index contributed by atoms with van der Waals surface area (Å²) in [5.41, 5.74) is 0. The zero-order valence-corrected chi connectivity index (χ0v) is 5.59. The lowest BCUT2D eigenvalue weighted by Gasteiger charge is -1.94. The molecule has 1 N–H and O–H groups in total. The first kappa shape index (κ1) is 6.18. The van der Waals surface area contributed by atoms with Crippen molar-refractivity contribution < 1.29 is 4.80 Å². The molecular weight excluding hydrogens is 92.1 g/mol. The maximum absolute atomic E-state index is 8.81. The number of hydrogen-bond acceptors (Lipinski definition) is 1. The smallest absolute Gasteiger partial charge is 0.172 e. The van der Waals surface area contributed by atoms with Crippen LogP contribution in [0.2, 0.25) is 12.1 Å². The van der Waals surface area contributed by atoms with E-state index in [1.165, 1.54) is 0 Å². The van der Waals surface area contributed by atoms with Crippen molar-refractivity contribution in [1.29, 1.82) is 0 Å². The van der Waals surface area contributed by atoms with Crippen LogP contribution in [0.1, 0.15) is 13.8 Å². The van der Waals surface area contributed by atoms with Crippen molar-refractivity contribution in [2.75, 3.05) is 0 Å². The van der Waals surface area contributed by atoms with Gasteiger partial charge in [0.15, 0.2) is 9.04 Å². The van der Waals surface area contributed by atoms with E-state index in [1.54, 1.807) is 0 Å². The molecule has 6 heavy (non-hydrogen) atoms. The molecule has 0 aliphatic rings. The van der Waals surface area contributed by atoms with Crippen LogP contribution in [-0.4, -0.2) is 13.8 Å². The van der Waals surface area contributed by atoms with Gasteiger partial charge in [0.2, 0.25) is 0 Å². The Labute approximate surface area is 40.7 Å². The quantitative estimate of drug-likeness (QED) is 0.512. The minimum atomic E-state index is -1.16.